The van der Waals surface area contributed by atoms with Gasteiger partial charge in [-0.15, -0.1) is 0 Å². The first-order valence-electron chi connectivity index (χ1n) is 15.7. The third-order valence-corrected chi connectivity index (χ3v) is 8.33. The van der Waals surface area contributed by atoms with Gasteiger partial charge in [0.05, 0.1) is 16.0 Å². The van der Waals surface area contributed by atoms with Crippen molar-refractivity contribution in [2.75, 3.05) is 5.73 Å². The summed E-state index contributed by atoms with van der Waals surface area (Å²) in [5.74, 6) is 1.28. The number of nitro benzene ring substituents is 1. The summed E-state index contributed by atoms with van der Waals surface area (Å²) in [5.41, 5.74) is 11.3. The maximum absolute atomic E-state index is 10.2. The summed E-state index contributed by atoms with van der Waals surface area (Å²) in [4.78, 5) is 24.8. The molecular weight excluding hydrogens is 723 g/mol. The van der Waals surface area contributed by atoms with Crippen LogP contribution in [0.3, 0.4) is 0 Å². The quantitative estimate of drug-likeness (QED) is 0.0747. The number of hydrogen-bond acceptors (Lipinski definition) is 7. The number of halogens is 3. The Hall–Kier alpha value is -6.07. The Balaban J connectivity index is 0.000000145. The van der Waals surface area contributed by atoms with E-state index in [-0.39, 0.29) is 11.4 Å². The fourth-order valence-electron chi connectivity index (χ4n) is 5.13. The van der Waals surface area contributed by atoms with Crippen LogP contribution in [0.1, 0.15) is 5.56 Å². The summed E-state index contributed by atoms with van der Waals surface area (Å²) in [6.07, 6.45) is 0. The van der Waals surface area contributed by atoms with Crippen LogP contribution < -0.4 is 10.6 Å². The maximum Gasteiger partial charge on any atom is 0.293 e. The van der Waals surface area contributed by atoms with Gasteiger partial charge in [-0.3, -0.25) is 10.1 Å². The molecule has 3 N–H and O–H groups in total. The highest BCUT2D eigenvalue weighted by Crippen LogP contribution is 2.28. The highest BCUT2D eigenvalue weighted by molar-refractivity contribution is 6.31. The molecule has 260 valence electrons. The topological polar surface area (TPSA) is 134 Å². The van der Waals surface area contributed by atoms with Gasteiger partial charge in [-0.1, -0.05) is 126 Å². The van der Waals surface area contributed by atoms with Crippen molar-refractivity contribution in [1.82, 2.24) is 19.4 Å². The van der Waals surface area contributed by atoms with Crippen LogP contribution in [0.15, 0.2) is 146 Å². The van der Waals surface area contributed by atoms with Crippen LogP contribution in [0.4, 0.5) is 11.4 Å². The molecule has 0 atom stereocenters. The van der Waals surface area contributed by atoms with Crippen LogP contribution in [0.25, 0.3) is 44.8 Å². The van der Waals surface area contributed by atoms with Crippen LogP contribution in [0.2, 0.25) is 15.1 Å². The highest BCUT2D eigenvalue weighted by atomic mass is 35.5. The molecule has 0 amide bonds. The molecule has 10 nitrogen and oxygen atoms in total. The molecule has 0 aliphatic rings. The van der Waals surface area contributed by atoms with E-state index in [2.05, 4.69) is 4.98 Å². The molecule has 0 unspecified atom stereocenters. The summed E-state index contributed by atoms with van der Waals surface area (Å²) in [7, 11) is 0. The molecule has 6 aromatic carbocycles. The molecule has 0 aliphatic carbocycles. The Labute approximate surface area is 312 Å². The summed E-state index contributed by atoms with van der Waals surface area (Å²) < 4.78 is 2.83. The lowest BCUT2D eigenvalue weighted by Gasteiger charge is -2.11. The Bertz CT molecular complexity index is 2460. The third kappa shape index (κ3) is 8.44. The van der Waals surface area contributed by atoms with Crippen molar-refractivity contribution in [3.05, 3.63) is 176 Å². The van der Waals surface area contributed by atoms with Gasteiger partial charge >= 0.3 is 0 Å². The Morgan fingerprint density at radius 1 is 0.654 bits per heavy atom. The molecule has 0 saturated carbocycles. The second-order valence-electron chi connectivity index (χ2n) is 11.2. The minimum Gasteiger partial charge on any atom is -0.426 e. The van der Waals surface area contributed by atoms with Crippen LogP contribution in [-0.4, -0.2) is 29.6 Å². The fraction of sp³-hybridized carbons (Fsp3) is 0.0256. The number of nitro groups is 1. The second-order valence-corrected chi connectivity index (χ2v) is 12.5. The van der Waals surface area contributed by atoms with Crippen molar-refractivity contribution in [1.29, 1.82) is 0 Å². The second kappa shape index (κ2) is 16.3. The number of aromatic nitrogens is 4. The van der Waals surface area contributed by atoms with Crippen LogP contribution in [0, 0.1) is 10.1 Å². The molecule has 2 aromatic heterocycles. The Morgan fingerprint density at radius 2 is 1.13 bits per heavy atom. The largest absolute Gasteiger partial charge is 0.426 e. The summed E-state index contributed by atoms with van der Waals surface area (Å²) in [6.45, 7) is 0.457. The van der Waals surface area contributed by atoms with Crippen LogP contribution in [-0.2, 0) is 6.61 Å². The lowest BCUT2D eigenvalue weighted by molar-refractivity contribution is -0.383. The van der Waals surface area contributed by atoms with Gasteiger partial charge in [0.15, 0.2) is 11.6 Å². The Morgan fingerprint density at radius 3 is 1.71 bits per heavy atom. The third-order valence-electron chi connectivity index (χ3n) is 7.62. The van der Waals surface area contributed by atoms with E-state index in [1.807, 2.05) is 109 Å². The van der Waals surface area contributed by atoms with Crippen molar-refractivity contribution in [2.45, 2.75) is 6.61 Å². The molecule has 0 aliphatic heterocycles. The van der Waals surface area contributed by atoms with Gasteiger partial charge in [0.25, 0.3) is 5.69 Å². The molecule has 8 aromatic rings. The van der Waals surface area contributed by atoms with E-state index in [9.17, 15) is 15.3 Å². The zero-order valence-electron chi connectivity index (χ0n) is 27.2. The van der Waals surface area contributed by atoms with Gasteiger partial charge in [0.1, 0.15) is 23.3 Å². The number of benzene rings is 6. The minimum atomic E-state index is -0.568. The lowest BCUT2D eigenvalue weighted by Crippen LogP contribution is -2.12. The van der Waals surface area contributed by atoms with Crippen molar-refractivity contribution in [3.8, 4) is 22.8 Å². The van der Waals surface area contributed by atoms with E-state index >= 15 is 0 Å². The van der Waals surface area contributed by atoms with Gasteiger partial charge in [0, 0.05) is 32.3 Å². The van der Waals surface area contributed by atoms with Crippen molar-refractivity contribution < 1.29 is 15.0 Å². The van der Waals surface area contributed by atoms with Crippen molar-refractivity contribution in [2.24, 2.45) is 0 Å². The van der Waals surface area contributed by atoms with E-state index in [0.29, 0.717) is 33.0 Å². The standard InChI is InChI=1S/C20H15ClN2O.C13H9ClN2O.C6H5ClN2O2/c21-17-11-12-18-19(13-17)23(24-14-15-7-3-1-4-8-15)20(22-18)16-9-5-2-6-10-16;14-10-6-7-11-12(8-10)16(17)13(15-11)9-4-2-1-3-5-9;7-4-1-2-5(8)6(3-4)9(10)11/h1-13H,14H2;1-8,17H;1-3H,8H2. The molecular formula is C39H29Cl3N6O4. The molecule has 13 heteroatoms. The van der Waals surface area contributed by atoms with Crippen molar-refractivity contribution >= 4 is 68.2 Å². The maximum atomic E-state index is 10.2. The molecule has 8 rings (SSSR count). The van der Waals surface area contributed by atoms with E-state index < -0.39 is 4.92 Å². The number of imidazole rings is 2. The zero-order chi connectivity index (χ0) is 36.6. The number of nitrogens with two attached hydrogens (primary N) is 1. The first kappa shape index (κ1) is 35.7. The van der Waals surface area contributed by atoms with Crippen LogP contribution in [0.5, 0.6) is 0 Å². The van der Waals surface area contributed by atoms with Crippen molar-refractivity contribution in [3.63, 3.8) is 0 Å². The summed E-state index contributed by atoms with van der Waals surface area (Å²) in [5, 5.41) is 21.8. The normalized spacial score (nSPS) is 10.6. The Kier molecular flexibility index (Phi) is 11.2. The van der Waals surface area contributed by atoms with E-state index in [0.717, 1.165) is 43.8 Å². The molecule has 2 heterocycles. The van der Waals surface area contributed by atoms with Gasteiger partial charge < -0.3 is 15.8 Å². The SMILES string of the molecule is Clc1ccc2nc(-c3ccccc3)n(OCc3ccccc3)c2c1.Nc1ccc(Cl)cc1[N+](=O)[O-].On1c(-c2ccccc2)nc2ccc(Cl)cc21. The van der Waals surface area contributed by atoms with E-state index in [1.54, 1.807) is 22.9 Å². The molecule has 52 heavy (non-hydrogen) atoms. The summed E-state index contributed by atoms with van der Waals surface area (Å²) in [6, 6.07) is 44.6. The average Bonchev–Trinajstić information content (AvgIpc) is 3.69. The van der Waals surface area contributed by atoms with Gasteiger partial charge in [-0.05, 0) is 54.1 Å². The molecule has 0 fully saturated rings. The molecule has 0 saturated heterocycles. The smallest absolute Gasteiger partial charge is 0.293 e. The van der Waals surface area contributed by atoms with E-state index in [4.69, 9.17) is 50.4 Å². The number of anilines is 1. The van der Waals surface area contributed by atoms with Gasteiger partial charge in [-0.2, -0.15) is 9.46 Å². The number of rotatable bonds is 6. The molecule has 0 bridgehead atoms. The fourth-order valence-corrected chi connectivity index (χ4v) is 5.62. The number of fused-ring (bicyclic) bond motifs is 2. The number of nitrogen functional groups attached to an aromatic ring is 1. The zero-order valence-corrected chi connectivity index (χ0v) is 29.5. The highest BCUT2D eigenvalue weighted by Gasteiger charge is 2.15. The predicted octanol–water partition coefficient (Wildman–Crippen LogP) is 10.4. The number of hydrogen-bond donors (Lipinski definition) is 2. The summed E-state index contributed by atoms with van der Waals surface area (Å²) >= 11 is 17.6. The van der Waals surface area contributed by atoms with Gasteiger partial charge in [-0.25, -0.2) is 9.97 Å². The molecule has 0 radical (unpaired) electrons. The first-order chi connectivity index (χ1) is 25.2. The average molecular weight is 752 g/mol. The minimum absolute atomic E-state index is 0.124. The first-order valence-corrected chi connectivity index (χ1v) is 16.8. The lowest BCUT2D eigenvalue weighted by atomic mass is 10.2. The predicted molar refractivity (Wildman–Crippen MR) is 207 cm³/mol. The monoisotopic (exact) mass is 750 g/mol. The van der Waals surface area contributed by atoms with E-state index in [1.165, 1.54) is 18.2 Å². The molecule has 0 spiro atoms. The number of nitrogens with zero attached hydrogens (tertiary/aromatic N) is 5. The van der Waals surface area contributed by atoms with Gasteiger partial charge in [0.2, 0.25) is 0 Å². The van der Waals surface area contributed by atoms with Crippen LogP contribution >= 0.6 is 34.8 Å².